The van der Waals surface area contributed by atoms with Crippen LogP contribution in [0.2, 0.25) is 0 Å². The molecule has 1 heterocycles. The van der Waals surface area contributed by atoms with Gasteiger partial charge in [-0.05, 0) is 48.7 Å². The predicted octanol–water partition coefficient (Wildman–Crippen LogP) is 3.59. The number of aryl methyl sites for hydroxylation is 1. The molecule has 4 rings (SSSR count). The maximum atomic E-state index is 4.41. The van der Waals surface area contributed by atoms with Crippen LogP contribution in [0.4, 0.5) is 0 Å². The zero-order valence-corrected chi connectivity index (χ0v) is 11.6. The van der Waals surface area contributed by atoms with Gasteiger partial charge in [0.2, 0.25) is 0 Å². The summed E-state index contributed by atoms with van der Waals surface area (Å²) in [5, 5.41) is 4.41. The third kappa shape index (κ3) is 1.59. The molecule has 4 atom stereocenters. The third-order valence-electron chi connectivity index (χ3n) is 5.22. The van der Waals surface area contributed by atoms with Gasteiger partial charge in [0.05, 0.1) is 5.70 Å². The molecule has 3 aliphatic rings. The lowest BCUT2D eigenvalue weighted by molar-refractivity contribution is 0.398. The largest absolute Gasteiger partial charge is 0.278 e. The van der Waals surface area contributed by atoms with E-state index in [-0.39, 0.29) is 0 Å². The van der Waals surface area contributed by atoms with Gasteiger partial charge in [0.1, 0.15) is 0 Å². The van der Waals surface area contributed by atoms with Gasteiger partial charge in [0.15, 0.2) is 0 Å². The van der Waals surface area contributed by atoms with Crippen molar-refractivity contribution in [2.75, 3.05) is 0 Å². The summed E-state index contributed by atoms with van der Waals surface area (Å²) >= 11 is 0. The fourth-order valence-electron chi connectivity index (χ4n) is 4.28. The fourth-order valence-corrected chi connectivity index (χ4v) is 4.28. The van der Waals surface area contributed by atoms with E-state index < -0.39 is 0 Å². The Kier molecular flexibility index (Phi) is 2.35. The number of benzene rings is 1. The van der Waals surface area contributed by atoms with Crippen LogP contribution in [0.5, 0.6) is 0 Å². The molecule has 2 heteroatoms. The highest BCUT2D eigenvalue weighted by molar-refractivity contribution is 5.80. The first kappa shape index (κ1) is 11.3. The van der Waals surface area contributed by atoms with E-state index in [1.54, 1.807) is 5.57 Å². The fraction of sp³-hybridized carbons (Fsp3) is 0.471. The minimum atomic E-state index is 0.596. The Balaban J connectivity index is 1.82. The Morgan fingerprint density at radius 3 is 2.74 bits per heavy atom. The molecule has 1 aromatic rings. The maximum Gasteiger partial charge on any atom is 0.0635 e. The molecule has 1 aromatic carbocycles. The van der Waals surface area contributed by atoms with Gasteiger partial charge in [-0.1, -0.05) is 36.8 Å². The Morgan fingerprint density at radius 2 is 1.95 bits per heavy atom. The summed E-state index contributed by atoms with van der Waals surface area (Å²) in [6.07, 6.45) is 4.89. The second-order valence-electron chi connectivity index (χ2n) is 6.43. The minimum Gasteiger partial charge on any atom is -0.278 e. The van der Waals surface area contributed by atoms with Crippen molar-refractivity contribution >= 4 is 11.9 Å². The van der Waals surface area contributed by atoms with Crippen LogP contribution >= 0.6 is 0 Å². The van der Waals surface area contributed by atoms with E-state index in [0.29, 0.717) is 5.92 Å². The lowest BCUT2D eigenvalue weighted by Crippen LogP contribution is -2.28. The van der Waals surface area contributed by atoms with E-state index in [1.165, 1.54) is 29.7 Å². The standard InChI is InChI=1S/C17H20N2/c1-10-3-5-12(6-4-10)17-16-14-8-13(7-11(14)2)15(16)9-18-19-17/h3-6,9,11,13-15,19H,7-8H2,1-2H3. The minimum absolute atomic E-state index is 0.596. The van der Waals surface area contributed by atoms with Crippen molar-refractivity contribution in [2.45, 2.75) is 26.7 Å². The molecule has 19 heavy (non-hydrogen) atoms. The summed E-state index contributed by atoms with van der Waals surface area (Å²) in [6.45, 7) is 4.54. The molecule has 2 aliphatic carbocycles. The third-order valence-corrected chi connectivity index (χ3v) is 5.22. The highest BCUT2D eigenvalue weighted by Gasteiger charge is 2.49. The van der Waals surface area contributed by atoms with Crippen molar-refractivity contribution in [3.63, 3.8) is 0 Å². The summed E-state index contributed by atoms with van der Waals surface area (Å²) in [5.74, 6) is 3.04. The molecular weight excluding hydrogens is 232 g/mol. The summed E-state index contributed by atoms with van der Waals surface area (Å²) < 4.78 is 0. The number of hydrogen-bond donors (Lipinski definition) is 1. The number of allylic oxidation sites excluding steroid dienone is 1. The normalized spacial score (nSPS) is 35.5. The molecule has 4 unspecified atom stereocenters. The Hall–Kier alpha value is -1.57. The average molecular weight is 252 g/mol. The van der Waals surface area contributed by atoms with E-state index in [0.717, 1.165) is 17.8 Å². The van der Waals surface area contributed by atoms with Crippen molar-refractivity contribution in [2.24, 2.45) is 28.8 Å². The van der Waals surface area contributed by atoms with Crippen LogP contribution in [0.15, 0.2) is 34.9 Å². The molecule has 0 amide bonds. The highest BCUT2D eigenvalue weighted by atomic mass is 15.3. The monoisotopic (exact) mass is 252 g/mol. The Morgan fingerprint density at radius 1 is 1.16 bits per heavy atom. The van der Waals surface area contributed by atoms with Crippen LogP contribution in [0.1, 0.15) is 30.9 Å². The maximum absolute atomic E-state index is 4.41. The summed E-state index contributed by atoms with van der Waals surface area (Å²) in [5.41, 5.74) is 8.80. The van der Waals surface area contributed by atoms with Crippen LogP contribution in [0, 0.1) is 30.6 Å². The van der Waals surface area contributed by atoms with E-state index in [9.17, 15) is 0 Å². The number of fused-ring (bicyclic) bond motifs is 5. The number of rotatable bonds is 1. The molecule has 2 nitrogen and oxygen atoms in total. The number of hydrazone groups is 1. The zero-order chi connectivity index (χ0) is 13.0. The van der Waals surface area contributed by atoms with E-state index in [1.807, 2.05) is 0 Å². The molecule has 2 fully saturated rings. The molecule has 0 spiro atoms. The van der Waals surface area contributed by atoms with Crippen molar-refractivity contribution in [3.8, 4) is 0 Å². The van der Waals surface area contributed by atoms with E-state index in [2.05, 4.69) is 54.9 Å². The molecule has 1 aliphatic heterocycles. The second kappa shape index (κ2) is 3.96. The van der Waals surface area contributed by atoms with Crippen molar-refractivity contribution in [3.05, 3.63) is 41.0 Å². The van der Waals surface area contributed by atoms with Gasteiger partial charge in [0.25, 0.3) is 0 Å². The quantitative estimate of drug-likeness (QED) is 0.811. The van der Waals surface area contributed by atoms with Gasteiger partial charge in [-0.15, -0.1) is 0 Å². The summed E-state index contributed by atoms with van der Waals surface area (Å²) in [7, 11) is 0. The topological polar surface area (TPSA) is 24.4 Å². The lowest BCUT2D eigenvalue weighted by Gasteiger charge is -2.31. The van der Waals surface area contributed by atoms with Gasteiger partial charge in [0, 0.05) is 12.1 Å². The first-order chi connectivity index (χ1) is 9.24. The number of nitrogens with zero attached hydrogens (tertiary/aromatic N) is 1. The number of hydrogen-bond acceptors (Lipinski definition) is 2. The smallest absolute Gasteiger partial charge is 0.0635 e. The number of nitrogens with one attached hydrogen (secondary N) is 1. The van der Waals surface area contributed by atoms with Gasteiger partial charge in [-0.2, -0.15) is 5.10 Å². The van der Waals surface area contributed by atoms with Crippen molar-refractivity contribution in [1.29, 1.82) is 0 Å². The van der Waals surface area contributed by atoms with Crippen LogP contribution in [-0.4, -0.2) is 6.21 Å². The van der Waals surface area contributed by atoms with Crippen LogP contribution < -0.4 is 5.43 Å². The highest BCUT2D eigenvalue weighted by Crippen LogP contribution is 2.56. The SMILES string of the molecule is Cc1ccc(C2=C3C(C=NN2)C2CC(C)C3C2)cc1. The van der Waals surface area contributed by atoms with E-state index in [4.69, 9.17) is 0 Å². The first-order valence-electron chi connectivity index (χ1n) is 7.34. The molecule has 2 saturated carbocycles. The van der Waals surface area contributed by atoms with Gasteiger partial charge in [-0.3, -0.25) is 5.43 Å². The molecular formula is C17H20N2. The second-order valence-corrected chi connectivity index (χ2v) is 6.43. The van der Waals surface area contributed by atoms with Gasteiger partial charge in [-0.25, -0.2) is 0 Å². The first-order valence-corrected chi connectivity index (χ1v) is 7.34. The predicted molar refractivity (Wildman–Crippen MR) is 78.6 cm³/mol. The summed E-state index contributed by atoms with van der Waals surface area (Å²) in [4.78, 5) is 0. The lowest BCUT2D eigenvalue weighted by atomic mass is 9.77. The molecule has 0 aromatic heterocycles. The summed E-state index contributed by atoms with van der Waals surface area (Å²) in [6, 6.07) is 8.82. The van der Waals surface area contributed by atoms with Crippen molar-refractivity contribution < 1.29 is 0 Å². The Bertz CT molecular complexity index is 567. The average Bonchev–Trinajstić information content (AvgIpc) is 2.97. The van der Waals surface area contributed by atoms with Crippen LogP contribution in [0.3, 0.4) is 0 Å². The van der Waals surface area contributed by atoms with E-state index >= 15 is 0 Å². The molecule has 0 saturated heterocycles. The molecule has 2 bridgehead atoms. The Labute approximate surface area is 114 Å². The van der Waals surface area contributed by atoms with Crippen LogP contribution in [-0.2, 0) is 0 Å². The van der Waals surface area contributed by atoms with Gasteiger partial charge < -0.3 is 0 Å². The molecule has 98 valence electrons. The van der Waals surface area contributed by atoms with Crippen molar-refractivity contribution in [1.82, 2.24) is 5.43 Å². The molecule has 1 N–H and O–H groups in total. The van der Waals surface area contributed by atoms with Crippen LogP contribution in [0.25, 0.3) is 5.70 Å². The molecule has 0 radical (unpaired) electrons. The zero-order valence-electron chi connectivity index (χ0n) is 11.6. The van der Waals surface area contributed by atoms with Gasteiger partial charge >= 0.3 is 0 Å².